The molecule has 2 aliphatic rings. The Morgan fingerprint density at radius 1 is 0.867 bits per heavy atom. The molecule has 15 heavy (non-hydrogen) atoms. The molecule has 2 heterocycles. The van der Waals surface area contributed by atoms with Crippen LogP contribution < -0.4 is 0 Å². The molecular weight excluding hydrogens is 188 g/mol. The highest BCUT2D eigenvalue weighted by atomic mass is 16.5. The van der Waals surface area contributed by atoms with Crippen LogP contribution in [0.4, 0.5) is 0 Å². The molecule has 2 aliphatic heterocycles. The van der Waals surface area contributed by atoms with Gasteiger partial charge in [0.1, 0.15) is 0 Å². The molecule has 0 aliphatic carbocycles. The maximum absolute atomic E-state index is 5.86. The fraction of sp³-hybridized carbons (Fsp3) is 1.00. The van der Waals surface area contributed by atoms with E-state index in [1.165, 1.54) is 25.7 Å². The Morgan fingerprint density at radius 3 is 1.73 bits per heavy atom. The van der Waals surface area contributed by atoms with Crippen molar-refractivity contribution in [1.82, 2.24) is 0 Å². The first-order chi connectivity index (χ1) is 7.27. The van der Waals surface area contributed by atoms with Gasteiger partial charge in [0, 0.05) is 19.6 Å². The lowest BCUT2D eigenvalue weighted by molar-refractivity contribution is -0.0876. The van der Waals surface area contributed by atoms with Gasteiger partial charge in [-0.3, -0.25) is 0 Å². The van der Waals surface area contributed by atoms with Crippen molar-refractivity contribution in [3.63, 3.8) is 0 Å². The number of hydrogen-bond acceptors (Lipinski definition) is 2. The molecule has 0 spiro atoms. The summed E-state index contributed by atoms with van der Waals surface area (Å²) in [4.78, 5) is 0. The Labute approximate surface area is 93.3 Å². The average Bonchev–Trinajstić information content (AvgIpc) is 2.24. The molecule has 2 heteroatoms. The van der Waals surface area contributed by atoms with Crippen LogP contribution >= 0.6 is 0 Å². The molecule has 2 saturated heterocycles. The number of hydrogen-bond donors (Lipinski definition) is 0. The molecule has 0 radical (unpaired) electrons. The minimum Gasteiger partial charge on any atom is -0.378 e. The summed E-state index contributed by atoms with van der Waals surface area (Å²) in [5.74, 6) is 1.44. The van der Waals surface area contributed by atoms with Crippen LogP contribution in [0.25, 0.3) is 0 Å². The van der Waals surface area contributed by atoms with E-state index in [0.29, 0.717) is 12.2 Å². The molecule has 2 rings (SSSR count). The molecule has 0 aromatic heterocycles. The highest BCUT2D eigenvalue weighted by molar-refractivity contribution is 4.79. The monoisotopic (exact) mass is 212 g/mol. The first-order valence-corrected chi connectivity index (χ1v) is 6.50. The second-order valence-electron chi connectivity index (χ2n) is 5.29. The van der Waals surface area contributed by atoms with Gasteiger partial charge in [-0.2, -0.15) is 0 Å². The van der Waals surface area contributed by atoms with E-state index in [4.69, 9.17) is 9.47 Å². The van der Waals surface area contributed by atoms with Crippen molar-refractivity contribution in [2.45, 2.75) is 58.2 Å². The van der Waals surface area contributed by atoms with Gasteiger partial charge in [-0.25, -0.2) is 0 Å². The fourth-order valence-electron chi connectivity index (χ4n) is 2.81. The van der Waals surface area contributed by atoms with Crippen molar-refractivity contribution in [2.75, 3.05) is 13.2 Å². The van der Waals surface area contributed by atoms with Crippen molar-refractivity contribution in [3.8, 4) is 0 Å². The van der Waals surface area contributed by atoms with Gasteiger partial charge in [0.15, 0.2) is 0 Å². The normalized spacial score (nSPS) is 42.8. The molecule has 2 nitrogen and oxygen atoms in total. The van der Waals surface area contributed by atoms with E-state index in [2.05, 4.69) is 13.8 Å². The van der Waals surface area contributed by atoms with Crippen LogP contribution in [0.15, 0.2) is 0 Å². The van der Waals surface area contributed by atoms with Gasteiger partial charge < -0.3 is 9.47 Å². The predicted molar refractivity (Wildman–Crippen MR) is 60.9 cm³/mol. The Kier molecular flexibility index (Phi) is 4.04. The fourth-order valence-corrected chi connectivity index (χ4v) is 2.81. The summed E-state index contributed by atoms with van der Waals surface area (Å²) >= 11 is 0. The minimum absolute atomic E-state index is 0.448. The van der Waals surface area contributed by atoms with Gasteiger partial charge in [-0.15, -0.1) is 0 Å². The topological polar surface area (TPSA) is 18.5 Å². The second-order valence-corrected chi connectivity index (χ2v) is 5.29. The average molecular weight is 212 g/mol. The molecular formula is C13H24O2. The third-order valence-electron chi connectivity index (χ3n) is 4.01. The van der Waals surface area contributed by atoms with Crippen LogP contribution in [0.1, 0.15) is 46.0 Å². The summed E-state index contributed by atoms with van der Waals surface area (Å²) in [6.45, 7) is 6.54. The smallest absolute Gasteiger partial charge is 0.0625 e. The lowest BCUT2D eigenvalue weighted by Crippen LogP contribution is -2.36. The highest BCUT2D eigenvalue weighted by Crippen LogP contribution is 2.29. The first kappa shape index (κ1) is 11.4. The van der Waals surface area contributed by atoms with Gasteiger partial charge in [-0.05, 0) is 37.5 Å². The highest BCUT2D eigenvalue weighted by Gasteiger charge is 2.29. The molecule has 88 valence electrons. The van der Waals surface area contributed by atoms with Crippen LogP contribution in [-0.4, -0.2) is 25.4 Å². The van der Waals surface area contributed by atoms with Crippen LogP contribution in [0.2, 0.25) is 0 Å². The standard InChI is InChI=1S/C13H24O2/c1-10-5-3-7-14-12(10)9-13-11(2)6-4-8-15-13/h10-13H,3-9H2,1-2H3/t10-,11-,12+,13+/m0/s1. The van der Waals surface area contributed by atoms with Crippen LogP contribution in [0, 0.1) is 11.8 Å². The summed E-state index contributed by atoms with van der Waals surface area (Å²) in [6, 6.07) is 0. The third-order valence-corrected chi connectivity index (χ3v) is 4.01. The zero-order chi connectivity index (χ0) is 10.7. The summed E-state index contributed by atoms with van der Waals surface area (Å²) in [5, 5.41) is 0. The lowest BCUT2D eigenvalue weighted by Gasteiger charge is -2.36. The first-order valence-electron chi connectivity index (χ1n) is 6.50. The van der Waals surface area contributed by atoms with E-state index >= 15 is 0 Å². The van der Waals surface area contributed by atoms with Crippen molar-refractivity contribution in [1.29, 1.82) is 0 Å². The molecule has 0 saturated carbocycles. The maximum atomic E-state index is 5.86. The Hall–Kier alpha value is -0.0800. The molecule has 0 bridgehead atoms. The van der Waals surface area contributed by atoms with E-state index in [-0.39, 0.29) is 0 Å². The number of ether oxygens (including phenoxy) is 2. The van der Waals surface area contributed by atoms with Gasteiger partial charge in [0.25, 0.3) is 0 Å². The molecule has 0 N–H and O–H groups in total. The lowest BCUT2D eigenvalue weighted by atomic mass is 9.87. The van der Waals surface area contributed by atoms with Crippen molar-refractivity contribution in [3.05, 3.63) is 0 Å². The van der Waals surface area contributed by atoms with Crippen molar-refractivity contribution in [2.24, 2.45) is 11.8 Å². The zero-order valence-corrected chi connectivity index (χ0v) is 10.1. The zero-order valence-electron chi connectivity index (χ0n) is 10.1. The van der Waals surface area contributed by atoms with E-state index in [9.17, 15) is 0 Å². The summed E-state index contributed by atoms with van der Waals surface area (Å²) in [7, 11) is 0. The van der Waals surface area contributed by atoms with E-state index in [0.717, 1.165) is 31.5 Å². The second kappa shape index (κ2) is 5.31. The third kappa shape index (κ3) is 2.94. The van der Waals surface area contributed by atoms with Gasteiger partial charge in [0.05, 0.1) is 12.2 Å². The molecule has 0 aromatic carbocycles. The molecule has 2 fully saturated rings. The summed E-state index contributed by atoms with van der Waals surface area (Å²) in [6.07, 6.45) is 7.13. The molecule has 0 unspecified atom stereocenters. The van der Waals surface area contributed by atoms with Crippen LogP contribution in [-0.2, 0) is 9.47 Å². The largest absolute Gasteiger partial charge is 0.378 e. The number of rotatable bonds is 2. The maximum Gasteiger partial charge on any atom is 0.0625 e. The van der Waals surface area contributed by atoms with Crippen molar-refractivity contribution >= 4 is 0 Å². The van der Waals surface area contributed by atoms with E-state index < -0.39 is 0 Å². The Bertz CT molecular complexity index is 173. The van der Waals surface area contributed by atoms with Crippen molar-refractivity contribution < 1.29 is 9.47 Å². The Balaban J connectivity index is 1.83. The van der Waals surface area contributed by atoms with Crippen LogP contribution in [0.5, 0.6) is 0 Å². The van der Waals surface area contributed by atoms with E-state index in [1.807, 2.05) is 0 Å². The predicted octanol–water partition coefficient (Wildman–Crippen LogP) is 3.01. The van der Waals surface area contributed by atoms with Crippen LogP contribution in [0.3, 0.4) is 0 Å². The molecule has 0 aromatic rings. The Morgan fingerprint density at radius 2 is 1.33 bits per heavy atom. The van der Waals surface area contributed by atoms with Gasteiger partial charge >= 0.3 is 0 Å². The molecule has 4 atom stereocenters. The van der Waals surface area contributed by atoms with Gasteiger partial charge in [0.2, 0.25) is 0 Å². The summed E-state index contributed by atoms with van der Waals surface area (Å²) in [5.41, 5.74) is 0. The quantitative estimate of drug-likeness (QED) is 0.700. The molecule has 0 amide bonds. The minimum atomic E-state index is 0.448. The van der Waals surface area contributed by atoms with E-state index in [1.54, 1.807) is 0 Å². The SMILES string of the molecule is C[C@H]1CCCO[C@@H]1C[C@H]1OCCC[C@@H]1C. The van der Waals surface area contributed by atoms with Gasteiger partial charge in [-0.1, -0.05) is 13.8 Å². The summed E-state index contributed by atoms with van der Waals surface area (Å²) < 4.78 is 11.7.